The lowest BCUT2D eigenvalue weighted by Gasteiger charge is -2.25. The van der Waals surface area contributed by atoms with Crippen molar-refractivity contribution in [1.29, 1.82) is 0 Å². The second-order valence-corrected chi connectivity index (χ2v) is 25.2. The Morgan fingerprint density at radius 1 is 0.356 bits per heavy atom. The number of ether oxygens (including phenoxy) is 4. The van der Waals surface area contributed by atoms with E-state index in [0.29, 0.717) is 17.4 Å². The van der Waals surface area contributed by atoms with Gasteiger partial charge in [0.2, 0.25) is 0 Å². The fraction of sp³-hybridized carbons (Fsp3) is 0.731. The molecular weight excluding hydrogens is 1080 g/mol. The minimum atomic E-state index is -1.52. The number of hydrogen-bond donors (Lipinski definition) is 1. The molecule has 0 radical (unpaired) electrons. The molecule has 0 aromatic rings. The summed E-state index contributed by atoms with van der Waals surface area (Å²) in [6, 6.07) is 0. The standard InChI is InChI=1S/C78H135NO8/c1-6-8-10-12-14-16-18-20-22-24-26-28-30-32-34-36-37-38-39-41-43-45-47-49-51-53-55-57-59-61-63-65-67-69-76(81)87-74(73-86-78(77(82)83)84-71-70-79(3,4)5)72-85-75(80)68-66-64-62-60-58-56-54-52-50-48-46-44-42-40-35-33-31-29-27-25-23-21-19-17-15-13-11-9-7-2/h8,10,14,16,19-22,25-28,31-34,37-38,74,78H,6-7,9,11-13,15,17-18,23-24,29-30,35-36,39-73H2,1-5H3/p+1/b10-8-,16-14-,21-19-,22-20-,27-25-,28-26-,33-31-,34-32-,38-37-. The van der Waals surface area contributed by atoms with Crippen LogP contribution >= 0.6 is 0 Å². The molecule has 0 bridgehead atoms. The number of nitrogens with zero attached hydrogens (tertiary/aromatic N) is 1. The van der Waals surface area contributed by atoms with Crippen LogP contribution in [0.3, 0.4) is 0 Å². The van der Waals surface area contributed by atoms with Gasteiger partial charge in [0.1, 0.15) is 13.2 Å². The van der Waals surface area contributed by atoms with Crippen molar-refractivity contribution in [3.8, 4) is 0 Å². The third-order valence-electron chi connectivity index (χ3n) is 15.5. The third kappa shape index (κ3) is 69.3. The van der Waals surface area contributed by atoms with Crippen LogP contribution < -0.4 is 0 Å². The third-order valence-corrected chi connectivity index (χ3v) is 15.5. The van der Waals surface area contributed by atoms with Crippen LogP contribution in [0.4, 0.5) is 0 Å². The van der Waals surface area contributed by atoms with Gasteiger partial charge < -0.3 is 28.5 Å². The largest absolute Gasteiger partial charge is 0.477 e. The first kappa shape index (κ1) is 83.0. The Kier molecular flexibility index (Phi) is 64.7. The van der Waals surface area contributed by atoms with Crippen molar-refractivity contribution in [3.63, 3.8) is 0 Å². The van der Waals surface area contributed by atoms with E-state index in [-0.39, 0.29) is 32.2 Å². The number of likely N-dealkylation sites (N-methyl/N-ethyl adjacent to an activating group) is 1. The maximum absolute atomic E-state index is 13.0. The Balaban J connectivity index is 4.11. The molecule has 0 saturated carbocycles. The number of carboxylic acids is 1. The SMILES string of the molecule is CC/C=C\C/C=C\C/C=C\C/C=C\C/C=C\C/C=C\CCCCCCCCCCCCCCCCC(=O)OC(COC(=O)CCCCCCCCCCCCCCCC/C=C\C/C=C\C/C=C\CCCCCCC)COC(OCC[N+](C)(C)C)C(=O)O. The predicted octanol–water partition coefficient (Wildman–Crippen LogP) is 22.6. The van der Waals surface area contributed by atoms with Crippen LogP contribution in [-0.4, -0.2) is 87.4 Å². The van der Waals surface area contributed by atoms with E-state index in [4.69, 9.17) is 18.9 Å². The topological polar surface area (TPSA) is 108 Å². The highest BCUT2D eigenvalue weighted by Gasteiger charge is 2.25. The van der Waals surface area contributed by atoms with E-state index in [9.17, 15) is 19.5 Å². The molecule has 0 heterocycles. The second kappa shape index (κ2) is 67.9. The van der Waals surface area contributed by atoms with Gasteiger partial charge in [-0.05, 0) is 103 Å². The average Bonchev–Trinajstić information content (AvgIpc) is 3.59. The van der Waals surface area contributed by atoms with E-state index >= 15 is 0 Å². The molecule has 0 saturated heterocycles. The fourth-order valence-electron chi connectivity index (χ4n) is 10.0. The molecule has 2 unspecified atom stereocenters. The van der Waals surface area contributed by atoms with Crippen LogP contribution in [0.25, 0.3) is 0 Å². The van der Waals surface area contributed by atoms with E-state index in [2.05, 4.69) is 123 Å². The van der Waals surface area contributed by atoms with Crippen LogP contribution in [0, 0.1) is 0 Å². The van der Waals surface area contributed by atoms with E-state index in [0.717, 1.165) is 89.9 Å². The monoisotopic (exact) mass is 1220 g/mol. The average molecular weight is 1220 g/mol. The first-order chi connectivity index (χ1) is 42.6. The van der Waals surface area contributed by atoms with Crippen LogP contribution in [0.15, 0.2) is 109 Å². The molecule has 1 N–H and O–H groups in total. The molecule has 87 heavy (non-hydrogen) atoms. The molecule has 2 atom stereocenters. The van der Waals surface area contributed by atoms with Crippen molar-refractivity contribution in [2.24, 2.45) is 0 Å². The predicted molar refractivity (Wildman–Crippen MR) is 373 cm³/mol. The number of carbonyl (C=O) groups excluding carboxylic acids is 2. The van der Waals surface area contributed by atoms with Crippen molar-refractivity contribution in [2.75, 3.05) is 47.5 Å². The summed E-state index contributed by atoms with van der Waals surface area (Å²) in [6.45, 7) is 4.78. The van der Waals surface area contributed by atoms with E-state index in [1.807, 2.05) is 21.1 Å². The van der Waals surface area contributed by atoms with Gasteiger partial charge in [-0.25, -0.2) is 4.79 Å². The van der Waals surface area contributed by atoms with Crippen LogP contribution in [0.5, 0.6) is 0 Å². The normalized spacial score (nSPS) is 13.3. The molecule has 0 aromatic carbocycles. The van der Waals surface area contributed by atoms with Gasteiger partial charge in [0.15, 0.2) is 6.10 Å². The highest BCUT2D eigenvalue weighted by Crippen LogP contribution is 2.17. The van der Waals surface area contributed by atoms with Crippen LogP contribution in [0.2, 0.25) is 0 Å². The molecule has 0 amide bonds. The van der Waals surface area contributed by atoms with Gasteiger partial charge in [-0.3, -0.25) is 9.59 Å². The Labute approximate surface area is 536 Å². The van der Waals surface area contributed by atoms with Gasteiger partial charge in [0.25, 0.3) is 6.29 Å². The van der Waals surface area contributed by atoms with Gasteiger partial charge >= 0.3 is 17.9 Å². The number of unbranched alkanes of at least 4 members (excludes halogenated alkanes) is 33. The highest BCUT2D eigenvalue weighted by molar-refractivity contribution is 5.71. The smallest absolute Gasteiger partial charge is 0.361 e. The maximum atomic E-state index is 13.0. The van der Waals surface area contributed by atoms with Gasteiger partial charge in [0.05, 0.1) is 34.4 Å². The lowest BCUT2D eigenvalue weighted by molar-refractivity contribution is -0.870. The summed E-state index contributed by atoms with van der Waals surface area (Å²) in [4.78, 5) is 37.7. The van der Waals surface area contributed by atoms with Crippen molar-refractivity contribution in [1.82, 2.24) is 0 Å². The second-order valence-electron chi connectivity index (χ2n) is 25.2. The summed E-state index contributed by atoms with van der Waals surface area (Å²) in [5.41, 5.74) is 0. The number of allylic oxidation sites excluding steroid dienone is 18. The summed E-state index contributed by atoms with van der Waals surface area (Å²) in [7, 11) is 5.98. The minimum absolute atomic E-state index is 0.184. The molecule has 0 rings (SSSR count). The van der Waals surface area contributed by atoms with Crippen molar-refractivity contribution >= 4 is 17.9 Å². The number of carbonyl (C=O) groups is 3. The number of quaternary nitrogens is 1. The van der Waals surface area contributed by atoms with Gasteiger partial charge in [-0.1, -0.05) is 303 Å². The number of carboxylic acid groups (broad SMARTS) is 1. The Morgan fingerprint density at radius 3 is 0.977 bits per heavy atom. The summed E-state index contributed by atoms with van der Waals surface area (Å²) in [5, 5.41) is 9.76. The Morgan fingerprint density at radius 2 is 0.655 bits per heavy atom. The molecule has 0 aliphatic carbocycles. The molecule has 0 aliphatic heterocycles. The lowest BCUT2D eigenvalue weighted by atomic mass is 10.0. The Hall–Kier alpha value is -4.05. The summed E-state index contributed by atoms with van der Waals surface area (Å²) in [5.74, 6) is -2.00. The lowest BCUT2D eigenvalue weighted by Crippen LogP contribution is -2.40. The zero-order valence-electron chi connectivity index (χ0n) is 57.2. The van der Waals surface area contributed by atoms with Crippen LogP contribution in [-0.2, 0) is 33.3 Å². The van der Waals surface area contributed by atoms with Gasteiger partial charge in [-0.15, -0.1) is 0 Å². The number of esters is 2. The molecule has 500 valence electrons. The number of rotatable bonds is 66. The number of aliphatic carboxylic acids is 1. The molecular formula is C78H136NO8+. The first-order valence-corrected chi connectivity index (χ1v) is 36.1. The van der Waals surface area contributed by atoms with E-state index < -0.39 is 24.3 Å². The molecule has 9 nitrogen and oxygen atoms in total. The summed E-state index contributed by atoms with van der Waals surface area (Å²) >= 11 is 0. The Bertz CT molecular complexity index is 1800. The first-order valence-electron chi connectivity index (χ1n) is 36.1. The van der Waals surface area contributed by atoms with E-state index in [1.54, 1.807) is 0 Å². The van der Waals surface area contributed by atoms with Gasteiger partial charge in [-0.2, -0.15) is 0 Å². The van der Waals surface area contributed by atoms with Crippen LogP contribution in [0.1, 0.15) is 309 Å². The fourth-order valence-corrected chi connectivity index (χ4v) is 10.0. The quantitative estimate of drug-likeness (QED) is 0.0211. The molecule has 0 spiro atoms. The highest BCUT2D eigenvalue weighted by atomic mass is 16.7. The van der Waals surface area contributed by atoms with E-state index in [1.165, 1.54) is 193 Å². The molecule has 0 fully saturated rings. The maximum Gasteiger partial charge on any atom is 0.361 e. The molecule has 9 heteroatoms. The summed E-state index contributed by atoms with van der Waals surface area (Å²) in [6.07, 6.45) is 92.0. The van der Waals surface area contributed by atoms with Crippen molar-refractivity contribution in [2.45, 2.75) is 322 Å². The zero-order valence-corrected chi connectivity index (χ0v) is 57.2. The molecule has 0 aromatic heterocycles. The van der Waals surface area contributed by atoms with Gasteiger partial charge in [0, 0.05) is 12.8 Å². The van der Waals surface area contributed by atoms with Crippen molar-refractivity contribution in [3.05, 3.63) is 109 Å². The van der Waals surface area contributed by atoms with Crippen molar-refractivity contribution < 1.29 is 42.9 Å². The summed E-state index contributed by atoms with van der Waals surface area (Å²) < 4.78 is 23.0. The number of hydrogen-bond acceptors (Lipinski definition) is 7. The minimum Gasteiger partial charge on any atom is -0.477 e. The molecule has 0 aliphatic rings. The zero-order chi connectivity index (χ0) is 63.3.